The standard InChI is InChI=1S/C10H18N4S2/c1-8-9(11)13-16-10(8)12-2-3-14-4-6-15-7-5-14/h12H,2-7H2,1H3,(H2,11,13). The quantitative estimate of drug-likeness (QED) is 0.857. The topological polar surface area (TPSA) is 54.2 Å². The summed E-state index contributed by atoms with van der Waals surface area (Å²) in [6.45, 7) is 6.54. The van der Waals surface area contributed by atoms with E-state index in [2.05, 4.69) is 14.6 Å². The summed E-state index contributed by atoms with van der Waals surface area (Å²) in [6, 6.07) is 0. The SMILES string of the molecule is Cc1c(N)nsc1NCCN1CCSCC1. The van der Waals surface area contributed by atoms with Crippen molar-refractivity contribution in [1.29, 1.82) is 0 Å². The summed E-state index contributed by atoms with van der Waals surface area (Å²) in [5.74, 6) is 3.20. The minimum Gasteiger partial charge on any atom is -0.383 e. The summed E-state index contributed by atoms with van der Waals surface area (Å²) in [5, 5.41) is 4.52. The largest absolute Gasteiger partial charge is 0.383 e. The van der Waals surface area contributed by atoms with Gasteiger partial charge in [0.2, 0.25) is 0 Å². The van der Waals surface area contributed by atoms with Crippen molar-refractivity contribution in [3.63, 3.8) is 0 Å². The van der Waals surface area contributed by atoms with Gasteiger partial charge in [-0.25, -0.2) is 0 Å². The zero-order valence-electron chi connectivity index (χ0n) is 9.53. The van der Waals surface area contributed by atoms with E-state index in [0.29, 0.717) is 5.82 Å². The van der Waals surface area contributed by atoms with Crippen molar-refractivity contribution in [3.05, 3.63) is 5.56 Å². The predicted octanol–water partition coefficient (Wildman–Crippen LogP) is 1.49. The lowest BCUT2D eigenvalue weighted by Crippen LogP contribution is -2.36. The van der Waals surface area contributed by atoms with Gasteiger partial charge in [0.25, 0.3) is 0 Å². The van der Waals surface area contributed by atoms with E-state index in [1.54, 1.807) is 0 Å². The van der Waals surface area contributed by atoms with Crippen LogP contribution in [-0.2, 0) is 0 Å². The van der Waals surface area contributed by atoms with Crippen LogP contribution in [0, 0.1) is 6.92 Å². The van der Waals surface area contributed by atoms with Crippen LogP contribution in [0.2, 0.25) is 0 Å². The Morgan fingerprint density at radius 3 is 2.81 bits per heavy atom. The maximum absolute atomic E-state index is 5.70. The lowest BCUT2D eigenvalue weighted by Gasteiger charge is -2.26. The van der Waals surface area contributed by atoms with Crippen molar-refractivity contribution < 1.29 is 0 Å². The van der Waals surface area contributed by atoms with Crippen LogP contribution in [0.15, 0.2) is 0 Å². The fraction of sp³-hybridized carbons (Fsp3) is 0.700. The van der Waals surface area contributed by atoms with E-state index in [9.17, 15) is 0 Å². The molecule has 0 unspecified atom stereocenters. The third-order valence-electron chi connectivity index (χ3n) is 2.78. The van der Waals surface area contributed by atoms with E-state index in [1.165, 1.54) is 36.1 Å². The molecule has 1 fully saturated rings. The molecule has 1 aromatic heterocycles. The van der Waals surface area contributed by atoms with Gasteiger partial charge in [-0.2, -0.15) is 16.1 Å². The van der Waals surface area contributed by atoms with Gasteiger partial charge in [0.1, 0.15) is 10.8 Å². The van der Waals surface area contributed by atoms with Crippen LogP contribution < -0.4 is 11.1 Å². The van der Waals surface area contributed by atoms with E-state index in [-0.39, 0.29) is 0 Å². The Balaban J connectivity index is 1.73. The lowest BCUT2D eigenvalue weighted by atomic mass is 10.3. The molecular formula is C10H18N4S2. The summed E-state index contributed by atoms with van der Waals surface area (Å²) in [4.78, 5) is 2.50. The van der Waals surface area contributed by atoms with Gasteiger partial charge < -0.3 is 11.1 Å². The Kier molecular flexibility index (Phi) is 4.31. The highest BCUT2D eigenvalue weighted by atomic mass is 32.2. The fourth-order valence-corrected chi connectivity index (χ4v) is 3.38. The van der Waals surface area contributed by atoms with Crippen molar-refractivity contribution >= 4 is 34.1 Å². The molecule has 2 heterocycles. The van der Waals surface area contributed by atoms with Crippen molar-refractivity contribution in [2.45, 2.75) is 6.92 Å². The monoisotopic (exact) mass is 258 g/mol. The van der Waals surface area contributed by atoms with Crippen LogP contribution in [0.25, 0.3) is 0 Å². The summed E-state index contributed by atoms with van der Waals surface area (Å²) in [5.41, 5.74) is 6.78. The molecule has 2 rings (SSSR count). The first kappa shape index (κ1) is 12.0. The zero-order valence-corrected chi connectivity index (χ0v) is 11.2. The van der Waals surface area contributed by atoms with Crippen LogP contribution >= 0.6 is 23.3 Å². The summed E-state index contributed by atoms with van der Waals surface area (Å²) in [6.07, 6.45) is 0. The molecule has 0 radical (unpaired) electrons. The molecule has 0 saturated carbocycles. The van der Waals surface area contributed by atoms with Crippen molar-refractivity contribution in [2.75, 3.05) is 48.7 Å². The molecule has 0 spiro atoms. The smallest absolute Gasteiger partial charge is 0.142 e. The molecule has 16 heavy (non-hydrogen) atoms. The summed E-state index contributed by atoms with van der Waals surface area (Å²) >= 11 is 3.50. The second-order valence-electron chi connectivity index (χ2n) is 3.90. The van der Waals surface area contributed by atoms with Crippen LogP contribution in [0.4, 0.5) is 10.8 Å². The molecule has 0 atom stereocenters. The third-order valence-corrected chi connectivity index (χ3v) is 4.64. The molecule has 1 saturated heterocycles. The molecule has 0 aromatic carbocycles. The van der Waals surface area contributed by atoms with Crippen LogP contribution in [0.5, 0.6) is 0 Å². The highest BCUT2D eigenvalue weighted by Gasteiger charge is 2.10. The Morgan fingerprint density at radius 2 is 2.19 bits per heavy atom. The van der Waals surface area contributed by atoms with Gasteiger partial charge in [-0.3, -0.25) is 4.90 Å². The number of hydrogen-bond acceptors (Lipinski definition) is 6. The van der Waals surface area contributed by atoms with Gasteiger partial charge >= 0.3 is 0 Å². The molecule has 90 valence electrons. The fourth-order valence-electron chi connectivity index (χ4n) is 1.67. The number of nitrogens with two attached hydrogens (primary N) is 1. The Morgan fingerprint density at radius 1 is 1.44 bits per heavy atom. The minimum atomic E-state index is 0.655. The van der Waals surface area contributed by atoms with E-state index in [1.807, 2.05) is 18.7 Å². The van der Waals surface area contributed by atoms with E-state index < -0.39 is 0 Å². The van der Waals surface area contributed by atoms with E-state index >= 15 is 0 Å². The number of aromatic nitrogens is 1. The van der Waals surface area contributed by atoms with Crippen LogP contribution in [-0.4, -0.2) is 47.0 Å². The predicted molar refractivity (Wildman–Crippen MR) is 73.5 cm³/mol. The first-order valence-corrected chi connectivity index (χ1v) is 7.46. The first-order chi connectivity index (χ1) is 7.77. The van der Waals surface area contributed by atoms with Crippen LogP contribution in [0.1, 0.15) is 5.56 Å². The minimum absolute atomic E-state index is 0.655. The summed E-state index contributed by atoms with van der Waals surface area (Å²) in [7, 11) is 0. The number of anilines is 2. The second-order valence-corrected chi connectivity index (χ2v) is 5.90. The zero-order chi connectivity index (χ0) is 11.4. The molecule has 3 N–H and O–H groups in total. The second kappa shape index (κ2) is 5.75. The normalized spacial score (nSPS) is 17.6. The van der Waals surface area contributed by atoms with Crippen LogP contribution in [0.3, 0.4) is 0 Å². The number of nitrogens with zero attached hydrogens (tertiary/aromatic N) is 2. The molecule has 1 aromatic rings. The van der Waals surface area contributed by atoms with Crippen molar-refractivity contribution in [3.8, 4) is 0 Å². The van der Waals surface area contributed by atoms with Gasteiger partial charge in [0, 0.05) is 43.2 Å². The maximum atomic E-state index is 5.70. The van der Waals surface area contributed by atoms with Gasteiger partial charge in [0.15, 0.2) is 0 Å². The van der Waals surface area contributed by atoms with E-state index in [0.717, 1.165) is 23.7 Å². The van der Waals surface area contributed by atoms with Gasteiger partial charge in [-0.05, 0) is 18.5 Å². The number of rotatable bonds is 4. The number of nitrogens with one attached hydrogen (secondary N) is 1. The molecule has 4 nitrogen and oxygen atoms in total. The molecular weight excluding hydrogens is 240 g/mol. The molecule has 6 heteroatoms. The highest BCUT2D eigenvalue weighted by molar-refractivity contribution is 7.99. The molecule has 1 aliphatic heterocycles. The molecule has 1 aliphatic rings. The lowest BCUT2D eigenvalue weighted by molar-refractivity contribution is 0.314. The van der Waals surface area contributed by atoms with Gasteiger partial charge in [-0.15, -0.1) is 0 Å². The van der Waals surface area contributed by atoms with Crippen molar-refractivity contribution in [1.82, 2.24) is 9.27 Å². The van der Waals surface area contributed by atoms with Gasteiger partial charge in [-0.1, -0.05) is 0 Å². The third kappa shape index (κ3) is 3.02. The molecule has 0 bridgehead atoms. The average molecular weight is 258 g/mol. The first-order valence-electron chi connectivity index (χ1n) is 5.53. The Labute approximate surface area is 105 Å². The average Bonchev–Trinajstić information content (AvgIpc) is 2.62. The number of thioether (sulfide) groups is 1. The molecule has 0 aliphatic carbocycles. The van der Waals surface area contributed by atoms with Crippen molar-refractivity contribution in [2.24, 2.45) is 0 Å². The Bertz CT molecular complexity index is 334. The molecule has 0 amide bonds. The highest BCUT2D eigenvalue weighted by Crippen LogP contribution is 2.24. The van der Waals surface area contributed by atoms with Gasteiger partial charge in [0.05, 0.1) is 0 Å². The maximum Gasteiger partial charge on any atom is 0.142 e. The van der Waals surface area contributed by atoms with E-state index in [4.69, 9.17) is 5.73 Å². The number of nitrogen functional groups attached to an aromatic ring is 1. The number of hydrogen-bond donors (Lipinski definition) is 2. The Hall–Kier alpha value is -0.460. The summed E-state index contributed by atoms with van der Waals surface area (Å²) < 4.78 is 4.12.